The van der Waals surface area contributed by atoms with Crippen LogP contribution in [0.2, 0.25) is 10.0 Å². The number of benzene rings is 2. The van der Waals surface area contributed by atoms with Gasteiger partial charge in [-0.2, -0.15) is 0 Å². The Morgan fingerprint density at radius 1 is 1.05 bits per heavy atom. The Morgan fingerprint density at radius 2 is 1.76 bits per heavy atom. The van der Waals surface area contributed by atoms with Crippen molar-refractivity contribution in [2.24, 2.45) is 0 Å². The van der Waals surface area contributed by atoms with Crippen molar-refractivity contribution >= 4 is 23.2 Å². The van der Waals surface area contributed by atoms with Crippen molar-refractivity contribution < 1.29 is 14.6 Å². The average Bonchev–Trinajstić information content (AvgIpc) is 2.46. The van der Waals surface area contributed by atoms with Gasteiger partial charge in [0.25, 0.3) is 0 Å². The average molecular weight is 325 g/mol. The first-order valence-corrected chi connectivity index (χ1v) is 7.40. The van der Waals surface area contributed by atoms with Crippen LogP contribution in [0.5, 0.6) is 11.5 Å². The molecule has 1 atom stereocenters. The zero-order chi connectivity index (χ0) is 14.8. The van der Waals surface area contributed by atoms with Crippen molar-refractivity contribution in [3.05, 3.63) is 57.6 Å². The Balaban J connectivity index is 1.85. The second-order valence-corrected chi connectivity index (χ2v) is 5.71. The third kappa shape index (κ3) is 3.26. The lowest BCUT2D eigenvalue weighted by atomic mass is 10.0. The van der Waals surface area contributed by atoms with Crippen molar-refractivity contribution in [1.29, 1.82) is 0 Å². The fraction of sp³-hybridized carbons (Fsp3) is 0.250. The van der Waals surface area contributed by atoms with Crippen molar-refractivity contribution in [2.75, 3.05) is 13.2 Å². The molecule has 21 heavy (non-hydrogen) atoms. The number of ether oxygens (including phenoxy) is 2. The highest BCUT2D eigenvalue weighted by Crippen LogP contribution is 2.38. The van der Waals surface area contributed by atoms with Crippen LogP contribution >= 0.6 is 23.2 Å². The monoisotopic (exact) mass is 324 g/mol. The van der Waals surface area contributed by atoms with Gasteiger partial charge in [0.1, 0.15) is 13.2 Å². The summed E-state index contributed by atoms with van der Waals surface area (Å²) in [5, 5.41) is 11.5. The van der Waals surface area contributed by atoms with Gasteiger partial charge in [-0.15, -0.1) is 0 Å². The fourth-order valence-corrected chi connectivity index (χ4v) is 2.82. The van der Waals surface area contributed by atoms with Gasteiger partial charge >= 0.3 is 0 Å². The quantitative estimate of drug-likeness (QED) is 0.926. The molecule has 2 aromatic rings. The highest BCUT2D eigenvalue weighted by molar-refractivity contribution is 6.31. The Hall–Kier alpha value is -1.42. The number of hydrogen-bond acceptors (Lipinski definition) is 3. The minimum atomic E-state index is -0.730. The Labute approximate surface area is 133 Å². The number of aliphatic hydroxyl groups excluding tert-OH is 1. The summed E-state index contributed by atoms with van der Waals surface area (Å²) >= 11 is 12.2. The molecule has 0 saturated carbocycles. The summed E-state index contributed by atoms with van der Waals surface area (Å²) < 4.78 is 11.0. The van der Waals surface area contributed by atoms with E-state index in [2.05, 4.69) is 0 Å². The van der Waals surface area contributed by atoms with Crippen LogP contribution in [0.4, 0.5) is 0 Å². The SMILES string of the molecule is OC(Cc1cccc(Cl)c1)c1cc2c(cc1Cl)OCCO2. The second-order valence-electron chi connectivity index (χ2n) is 4.87. The molecule has 0 amide bonds. The van der Waals surface area contributed by atoms with Gasteiger partial charge in [-0.25, -0.2) is 0 Å². The molecule has 1 N–H and O–H groups in total. The van der Waals surface area contributed by atoms with Crippen LogP contribution in [0.1, 0.15) is 17.2 Å². The summed E-state index contributed by atoms with van der Waals surface area (Å²) in [5.41, 5.74) is 1.57. The summed E-state index contributed by atoms with van der Waals surface area (Å²) in [6, 6.07) is 10.8. The zero-order valence-electron chi connectivity index (χ0n) is 11.2. The molecule has 110 valence electrons. The highest BCUT2D eigenvalue weighted by Gasteiger charge is 2.19. The summed E-state index contributed by atoms with van der Waals surface area (Å²) in [6.45, 7) is 1.01. The molecular formula is C16H14Cl2O3. The van der Waals surface area contributed by atoms with Gasteiger partial charge in [0.2, 0.25) is 0 Å². The van der Waals surface area contributed by atoms with Crippen LogP contribution in [0.25, 0.3) is 0 Å². The number of fused-ring (bicyclic) bond motifs is 1. The standard InChI is InChI=1S/C16H14Cl2O3/c17-11-3-1-2-10(6-11)7-14(19)12-8-15-16(9-13(12)18)21-5-4-20-15/h1-3,6,8-9,14,19H,4-5,7H2. The van der Waals surface area contributed by atoms with E-state index in [-0.39, 0.29) is 0 Å². The van der Waals surface area contributed by atoms with E-state index in [1.165, 1.54) is 0 Å². The van der Waals surface area contributed by atoms with E-state index in [0.29, 0.717) is 46.7 Å². The van der Waals surface area contributed by atoms with E-state index in [1.54, 1.807) is 18.2 Å². The molecule has 0 saturated heterocycles. The smallest absolute Gasteiger partial charge is 0.162 e. The topological polar surface area (TPSA) is 38.7 Å². The van der Waals surface area contributed by atoms with E-state index in [0.717, 1.165) is 5.56 Å². The molecule has 0 spiro atoms. The third-order valence-corrected chi connectivity index (χ3v) is 3.90. The number of hydrogen-bond donors (Lipinski definition) is 1. The maximum Gasteiger partial charge on any atom is 0.162 e. The molecule has 1 aliphatic heterocycles. The molecule has 0 aliphatic carbocycles. The fourth-order valence-electron chi connectivity index (χ4n) is 2.33. The third-order valence-electron chi connectivity index (χ3n) is 3.34. The number of halogens is 2. The molecular weight excluding hydrogens is 311 g/mol. The summed E-state index contributed by atoms with van der Waals surface area (Å²) in [7, 11) is 0. The van der Waals surface area contributed by atoms with Crippen LogP contribution in [-0.4, -0.2) is 18.3 Å². The second kappa shape index (κ2) is 6.14. The van der Waals surface area contributed by atoms with Gasteiger partial charge in [-0.1, -0.05) is 35.3 Å². The van der Waals surface area contributed by atoms with Gasteiger partial charge < -0.3 is 14.6 Å². The molecule has 1 aliphatic rings. The molecule has 0 radical (unpaired) electrons. The summed E-state index contributed by atoms with van der Waals surface area (Å²) in [5.74, 6) is 1.23. The molecule has 0 bridgehead atoms. The predicted molar refractivity (Wildman–Crippen MR) is 82.6 cm³/mol. The predicted octanol–water partition coefficient (Wildman–Crippen LogP) is 4.04. The minimum Gasteiger partial charge on any atom is -0.486 e. The largest absolute Gasteiger partial charge is 0.486 e. The van der Waals surface area contributed by atoms with Crippen molar-refractivity contribution in [2.45, 2.75) is 12.5 Å². The van der Waals surface area contributed by atoms with Crippen molar-refractivity contribution in [3.8, 4) is 11.5 Å². The maximum atomic E-state index is 10.4. The lowest BCUT2D eigenvalue weighted by Gasteiger charge is -2.21. The first-order chi connectivity index (χ1) is 10.1. The van der Waals surface area contributed by atoms with Gasteiger partial charge in [0.05, 0.1) is 11.1 Å². The maximum absolute atomic E-state index is 10.4. The van der Waals surface area contributed by atoms with Gasteiger partial charge in [0, 0.05) is 23.1 Å². The highest BCUT2D eigenvalue weighted by atomic mass is 35.5. The van der Waals surface area contributed by atoms with Gasteiger partial charge in [-0.05, 0) is 23.8 Å². The normalized spacial score (nSPS) is 14.8. The molecule has 1 unspecified atom stereocenters. The molecule has 2 aromatic carbocycles. The van der Waals surface area contributed by atoms with Crippen molar-refractivity contribution in [3.63, 3.8) is 0 Å². The molecule has 3 rings (SSSR count). The van der Waals surface area contributed by atoms with Crippen LogP contribution in [-0.2, 0) is 6.42 Å². The lowest BCUT2D eigenvalue weighted by molar-refractivity contribution is 0.164. The van der Waals surface area contributed by atoms with Gasteiger partial charge in [0.15, 0.2) is 11.5 Å². The zero-order valence-corrected chi connectivity index (χ0v) is 12.7. The van der Waals surface area contributed by atoms with E-state index in [9.17, 15) is 5.11 Å². The minimum absolute atomic E-state index is 0.430. The van der Waals surface area contributed by atoms with Crippen LogP contribution in [0.15, 0.2) is 36.4 Å². The molecule has 0 aromatic heterocycles. The van der Waals surface area contributed by atoms with E-state index in [1.807, 2.05) is 18.2 Å². The van der Waals surface area contributed by atoms with E-state index < -0.39 is 6.10 Å². The first-order valence-electron chi connectivity index (χ1n) is 6.65. The molecule has 5 heteroatoms. The van der Waals surface area contributed by atoms with Crippen LogP contribution < -0.4 is 9.47 Å². The Bertz CT molecular complexity index is 658. The Morgan fingerprint density at radius 3 is 2.48 bits per heavy atom. The Kier molecular flexibility index (Phi) is 4.24. The molecule has 0 fully saturated rings. The van der Waals surface area contributed by atoms with Gasteiger partial charge in [-0.3, -0.25) is 0 Å². The number of aliphatic hydroxyl groups is 1. The van der Waals surface area contributed by atoms with Crippen LogP contribution in [0, 0.1) is 0 Å². The van der Waals surface area contributed by atoms with E-state index in [4.69, 9.17) is 32.7 Å². The summed E-state index contributed by atoms with van der Waals surface area (Å²) in [4.78, 5) is 0. The van der Waals surface area contributed by atoms with E-state index >= 15 is 0 Å². The molecule has 3 nitrogen and oxygen atoms in total. The lowest BCUT2D eigenvalue weighted by Crippen LogP contribution is -2.16. The first kappa shape index (κ1) is 14.5. The number of rotatable bonds is 3. The van der Waals surface area contributed by atoms with Crippen LogP contribution in [0.3, 0.4) is 0 Å². The molecule has 1 heterocycles. The van der Waals surface area contributed by atoms with Crippen molar-refractivity contribution in [1.82, 2.24) is 0 Å². The summed E-state index contributed by atoms with van der Waals surface area (Å²) in [6.07, 6.45) is -0.299.